The predicted octanol–water partition coefficient (Wildman–Crippen LogP) is 2.37. The third-order valence-electron chi connectivity index (χ3n) is 2.93. The van der Waals surface area contributed by atoms with Crippen LogP contribution in [0.2, 0.25) is 5.15 Å². The van der Waals surface area contributed by atoms with E-state index in [2.05, 4.69) is 9.71 Å². The number of nitrogens with zero attached hydrogens (tertiary/aromatic N) is 2. The van der Waals surface area contributed by atoms with Crippen LogP contribution >= 0.6 is 11.6 Å². The van der Waals surface area contributed by atoms with Crippen LogP contribution in [-0.2, 0) is 16.6 Å². The lowest BCUT2D eigenvalue weighted by atomic mass is 10.4. The zero-order valence-electron chi connectivity index (χ0n) is 11.1. The number of aromatic nitrogens is 2. The number of hydrogen-bond donors (Lipinski definition) is 1. The van der Waals surface area contributed by atoms with Crippen LogP contribution in [0.15, 0.2) is 46.0 Å². The van der Waals surface area contributed by atoms with Crippen molar-refractivity contribution in [2.75, 3.05) is 0 Å². The molecule has 0 aliphatic heterocycles. The molecule has 0 spiro atoms. The van der Waals surface area contributed by atoms with Crippen LogP contribution in [-0.4, -0.2) is 17.8 Å². The summed E-state index contributed by atoms with van der Waals surface area (Å²) < 4.78 is 34.0. The van der Waals surface area contributed by atoms with Gasteiger partial charge in [0.25, 0.3) is 10.0 Å². The van der Waals surface area contributed by atoms with Crippen molar-refractivity contribution >= 4 is 27.3 Å². The van der Waals surface area contributed by atoms with Gasteiger partial charge in [0.05, 0.1) is 6.54 Å². The highest BCUT2D eigenvalue weighted by Gasteiger charge is 2.24. The molecule has 6 nitrogen and oxygen atoms in total. The smallest absolute Gasteiger partial charge is 0.260 e. The molecule has 110 valence electrons. The Morgan fingerprint density at radius 1 is 1.33 bits per heavy atom. The van der Waals surface area contributed by atoms with Crippen molar-refractivity contribution in [1.82, 2.24) is 14.1 Å². The molecule has 0 atom stereocenters. The number of furan rings is 1. The van der Waals surface area contributed by atoms with Crippen LogP contribution in [0.1, 0.15) is 11.5 Å². The Labute approximate surface area is 126 Å². The Hall–Kier alpha value is -1.83. The minimum absolute atomic E-state index is 0.0482. The summed E-state index contributed by atoms with van der Waals surface area (Å²) in [5, 5.41) is -0.146. The van der Waals surface area contributed by atoms with E-state index in [1.807, 2.05) is 0 Å². The van der Waals surface area contributed by atoms with E-state index in [0.717, 1.165) is 5.76 Å². The number of hydrogen-bond acceptors (Lipinski definition) is 4. The van der Waals surface area contributed by atoms with Gasteiger partial charge in [-0.3, -0.25) is 4.40 Å². The molecule has 8 heteroatoms. The number of rotatable bonds is 4. The van der Waals surface area contributed by atoms with Crippen molar-refractivity contribution in [3.63, 3.8) is 0 Å². The maximum absolute atomic E-state index is 12.4. The molecule has 0 saturated heterocycles. The Morgan fingerprint density at radius 2 is 2.14 bits per heavy atom. The van der Waals surface area contributed by atoms with E-state index >= 15 is 0 Å². The van der Waals surface area contributed by atoms with Gasteiger partial charge in [-0.25, -0.2) is 18.1 Å². The molecule has 3 heterocycles. The van der Waals surface area contributed by atoms with Gasteiger partial charge < -0.3 is 4.42 Å². The molecule has 0 bridgehead atoms. The second-order valence-corrected chi connectivity index (χ2v) is 6.51. The summed E-state index contributed by atoms with van der Waals surface area (Å²) in [5.41, 5.74) is 0.469. The molecule has 3 aromatic heterocycles. The summed E-state index contributed by atoms with van der Waals surface area (Å²) in [6, 6.07) is 8.63. The van der Waals surface area contributed by atoms with Crippen molar-refractivity contribution in [1.29, 1.82) is 0 Å². The molecule has 3 rings (SSSR count). The highest BCUT2D eigenvalue weighted by molar-refractivity contribution is 7.89. The maximum atomic E-state index is 12.4. The number of imidazole rings is 1. The molecule has 21 heavy (non-hydrogen) atoms. The number of halogens is 1. The summed E-state index contributed by atoms with van der Waals surface area (Å²) in [5.74, 6) is 1.25. The third-order valence-corrected chi connectivity index (χ3v) is 4.73. The molecular weight excluding hydrogens is 314 g/mol. The Bertz CT molecular complexity index is 898. The summed E-state index contributed by atoms with van der Waals surface area (Å²) in [6.07, 6.45) is 1.60. The molecule has 0 fully saturated rings. The van der Waals surface area contributed by atoms with Gasteiger partial charge in [0.15, 0.2) is 10.2 Å². The average molecular weight is 326 g/mol. The van der Waals surface area contributed by atoms with Crippen LogP contribution in [0, 0.1) is 6.92 Å². The number of fused-ring (bicyclic) bond motifs is 1. The quantitative estimate of drug-likeness (QED) is 0.799. The van der Waals surface area contributed by atoms with E-state index < -0.39 is 10.0 Å². The van der Waals surface area contributed by atoms with E-state index in [1.165, 1.54) is 4.40 Å². The average Bonchev–Trinajstić information content (AvgIpc) is 2.99. The van der Waals surface area contributed by atoms with Crippen molar-refractivity contribution in [3.05, 3.63) is 53.2 Å². The van der Waals surface area contributed by atoms with Crippen molar-refractivity contribution in [3.8, 4) is 0 Å². The monoisotopic (exact) mass is 325 g/mol. The highest BCUT2D eigenvalue weighted by Crippen LogP contribution is 2.22. The molecule has 0 unspecified atom stereocenters. The molecule has 1 N–H and O–H groups in total. The molecule has 0 amide bonds. The van der Waals surface area contributed by atoms with Gasteiger partial charge in [0, 0.05) is 6.20 Å². The molecule has 0 aromatic carbocycles. The fourth-order valence-electron chi connectivity index (χ4n) is 2.00. The highest BCUT2D eigenvalue weighted by atomic mass is 35.5. The van der Waals surface area contributed by atoms with Crippen LogP contribution in [0.25, 0.3) is 5.65 Å². The van der Waals surface area contributed by atoms with E-state index in [-0.39, 0.29) is 16.7 Å². The van der Waals surface area contributed by atoms with Crippen LogP contribution in [0.3, 0.4) is 0 Å². The molecule has 0 aliphatic carbocycles. The summed E-state index contributed by atoms with van der Waals surface area (Å²) in [4.78, 5) is 4.02. The molecule has 0 radical (unpaired) electrons. The van der Waals surface area contributed by atoms with Gasteiger partial charge in [0.2, 0.25) is 0 Å². The fraction of sp³-hybridized carbons (Fsp3) is 0.154. The van der Waals surface area contributed by atoms with Gasteiger partial charge in [-0.15, -0.1) is 0 Å². The van der Waals surface area contributed by atoms with E-state index in [1.54, 1.807) is 43.5 Å². The SMILES string of the molecule is Cc1ccc(CNS(=O)(=O)c2c(Cl)nc3ccccn23)o1. The first-order valence-electron chi connectivity index (χ1n) is 6.15. The van der Waals surface area contributed by atoms with Gasteiger partial charge in [-0.2, -0.15) is 0 Å². The van der Waals surface area contributed by atoms with Crippen molar-refractivity contribution in [2.24, 2.45) is 0 Å². The van der Waals surface area contributed by atoms with Crippen LogP contribution < -0.4 is 4.72 Å². The van der Waals surface area contributed by atoms with E-state index in [0.29, 0.717) is 11.4 Å². The van der Waals surface area contributed by atoms with Gasteiger partial charge in [-0.05, 0) is 31.2 Å². The first kappa shape index (κ1) is 14.1. The minimum Gasteiger partial charge on any atom is -0.465 e. The second-order valence-electron chi connectivity index (χ2n) is 4.47. The standard InChI is InChI=1S/C13H12ClN3O3S/c1-9-5-6-10(20-9)8-15-21(18,19)13-12(14)16-11-4-2-3-7-17(11)13/h2-7,15H,8H2,1H3. The Morgan fingerprint density at radius 3 is 2.86 bits per heavy atom. The lowest BCUT2D eigenvalue weighted by Crippen LogP contribution is -2.24. The largest absolute Gasteiger partial charge is 0.465 e. The first-order chi connectivity index (χ1) is 9.97. The molecular formula is C13H12ClN3O3S. The maximum Gasteiger partial charge on any atom is 0.260 e. The Balaban J connectivity index is 1.95. The van der Waals surface area contributed by atoms with Gasteiger partial charge >= 0.3 is 0 Å². The number of pyridine rings is 1. The predicted molar refractivity (Wildman–Crippen MR) is 77.7 cm³/mol. The van der Waals surface area contributed by atoms with Gasteiger partial charge in [0.1, 0.15) is 17.2 Å². The zero-order valence-corrected chi connectivity index (χ0v) is 12.6. The van der Waals surface area contributed by atoms with E-state index in [4.69, 9.17) is 16.0 Å². The summed E-state index contributed by atoms with van der Waals surface area (Å²) >= 11 is 5.96. The van der Waals surface area contributed by atoms with Crippen molar-refractivity contribution in [2.45, 2.75) is 18.5 Å². The third kappa shape index (κ3) is 2.67. The molecule has 0 saturated carbocycles. The van der Waals surface area contributed by atoms with E-state index in [9.17, 15) is 8.42 Å². The number of nitrogens with one attached hydrogen (secondary N) is 1. The van der Waals surface area contributed by atoms with Crippen LogP contribution in [0.4, 0.5) is 0 Å². The summed E-state index contributed by atoms with van der Waals surface area (Å²) in [6.45, 7) is 1.84. The summed E-state index contributed by atoms with van der Waals surface area (Å²) in [7, 11) is -3.80. The van der Waals surface area contributed by atoms with Crippen molar-refractivity contribution < 1.29 is 12.8 Å². The van der Waals surface area contributed by atoms with Gasteiger partial charge in [-0.1, -0.05) is 17.7 Å². The lowest BCUT2D eigenvalue weighted by Gasteiger charge is -2.05. The zero-order chi connectivity index (χ0) is 15.0. The first-order valence-corrected chi connectivity index (χ1v) is 8.01. The number of aryl methyl sites for hydroxylation is 1. The fourth-order valence-corrected chi connectivity index (χ4v) is 3.63. The second kappa shape index (κ2) is 5.18. The topological polar surface area (TPSA) is 76.6 Å². The molecule has 0 aliphatic rings. The Kier molecular flexibility index (Phi) is 3.48. The lowest BCUT2D eigenvalue weighted by molar-refractivity contribution is 0.475. The normalized spacial score (nSPS) is 12.1. The number of sulfonamides is 1. The minimum atomic E-state index is -3.80. The van der Waals surface area contributed by atoms with Crippen LogP contribution in [0.5, 0.6) is 0 Å². The molecule has 3 aromatic rings.